The Morgan fingerprint density at radius 1 is 1.44 bits per heavy atom. The van der Waals surface area contributed by atoms with Crippen LogP contribution in [0.5, 0.6) is 0 Å². The minimum absolute atomic E-state index is 0.145. The van der Waals surface area contributed by atoms with E-state index in [1.807, 2.05) is 0 Å². The number of aromatic carboxylic acids is 1. The summed E-state index contributed by atoms with van der Waals surface area (Å²) in [4.78, 5) is 22.7. The Bertz CT molecular complexity index is 483. The molecule has 0 spiro atoms. The van der Waals surface area contributed by atoms with Crippen molar-refractivity contribution in [2.45, 2.75) is 18.9 Å². The van der Waals surface area contributed by atoms with Gasteiger partial charge in [-0.1, -0.05) is 11.6 Å². The summed E-state index contributed by atoms with van der Waals surface area (Å²) in [7, 11) is 0. The van der Waals surface area contributed by atoms with Crippen LogP contribution >= 0.6 is 11.6 Å². The molecule has 1 aliphatic rings. The third-order valence-corrected chi connectivity index (χ3v) is 2.92. The molecule has 0 saturated carbocycles. The number of amides is 1. The number of carboxylic acids is 1. The average molecular weight is 269 g/mol. The number of carbonyl (C=O) groups is 2. The number of nitrogens with one attached hydrogen (secondary N) is 1. The summed E-state index contributed by atoms with van der Waals surface area (Å²) in [6, 6.07) is 4.17. The lowest BCUT2D eigenvalue weighted by atomic mass is 10.1. The fourth-order valence-corrected chi connectivity index (χ4v) is 1.96. The van der Waals surface area contributed by atoms with Gasteiger partial charge in [0.1, 0.15) is 6.10 Å². The topological polar surface area (TPSA) is 78.5 Å². The van der Waals surface area contributed by atoms with Gasteiger partial charge < -0.3 is 20.0 Å². The van der Waals surface area contributed by atoms with E-state index in [9.17, 15) is 14.7 Å². The Hall–Kier alpha value is -1.59. The van der Waals surface area contributed by atoms with Crippen LogP contribution < -0.4 is 10.4 Å². The number of hydrogen-bond donors (Lipinski definition) is 1. The predicted molar refractivity (Wildman–Crippen MR) is 63.4 cm³/mol. The van der Waals surface area contributed by atoms with Gasteiger partial charge in [0.25, 0.3) is 5.91 Å². The highest BCUT2D eigenvalue weighted by molar-refractivity contribution is 6.31. The molecule has 1 atom stereocenters. The van der Waals surface area contributed by atoms with Crippen LogP contribution in [0.25, 0.3) is 0 Å². The van der Waals surface area contributed by atoms with E-state index in [0.29, 0.717) is 13.0 Å². The van der Waals surface area contributed by atoms with Crippen molar-refractivity contribution in [2.75, 3.05) is 11.9 Å². The SMILES string of the molecule is O=C([O-])c1cc(Cl)ccc1NC(=O)[C@@H]1CCCO1. The zero-order valence-electron chi connectivity index (χ0n) is 9.44. The molecule has 18 heavy (non-hydrogen) atoms. The Morgan fingerprint density at radius 2 is 2.22 bits per heavy atom. The molecule has 0 aliphatic carbocycles. The van der Waals surface area contributed by atoms with Gasteiger partial charge in [-0.25, -0.2) is 0 Å². The van der Waals surface area contributed by atoms with Gasteiger partial charge in [0, 0.05) is 22.9 Å². The highest BCUT2D eigenvalue weighted by Crippen LogP contribution is 2.21. The summed E-state index contributed by atoms with van der Waals surface area (Å²) >= 11 is 5.70. The molecular formula is C12H11ClNO4-. The molecule has 5 nitrogen and oxygen atoms in total. The van der Waals surface area contributed by atoms with Crippen molar-refractivity contribution in [1.29, 1.82) is 0 Å². The Balaban J connectivity index is 2.17. The summed E-state index contributed by atoms with van der Waals surface area (Å²) in [5.41, 5.74) is 0.0220. The molecular weight excluding hydrogens is 258 g/mol. The maximum Gasteiger partial charge on any atom is 0.253 e. The summed E-state index contributed by atoms with van der Waals surface area (Å²) in [6.45, 7) is 0.548. The highest BCUT2D eigenvalue weighted by Gasteiger charge is 2.24. The number of ether oxygens (including phenoxy) is 1. The van der Waals surface area contributed by atoms with Gasteiger partial charge >= 0.3 is 0 Å². The third-order valence-electron chi connectivity index (χ3n) is 2.68. The molecule has 2 rings (SSSR count). The molecule has 1 heterocycles. The number of anilines is 1. The van der Waals surface area contributed by atoms with Crippen molar-refractivity contribution in [3.8, 4) is 0 Å². The number of benzene rings is 1. The van der Waals surface area contributed by atoms with Gasteiger partial charge in [-0.2, -0.15) is 0 Å². The molecule has 0 aromatic heterocycles. The van der Waals surface area contributed by atoms with Gasteiger partial charge in [-0.15, -0.1) is 0 Å². The van der Waals surface area contributed by atoms with E-state index in [-0.39, 0.29) is 22.2 Å². The second-order valence-corrected chi connectivity index (χ2v) is 4.40. The second kappa shape index (κ2) is 5.37. The van der Waals surface area contributed by atoms with Crippen molar-refractivity contribution in [1.82, 2.24) is 0 Å². The molecule has 1 N–H and O–H groups in total. The van der Waals surface area contributed by atoms with Crippen LogP contribution in [0.4, 0.5) is 5.69 Å². The lowest BCUT2D eigenvalue weighted by Crippen LogP contribution is -2.29. The second-order valence-electron chi connectivity index (χ2n) is 3.97. The molecule has 1 aliphatic heterocycles. The van der Waals surface area contributed by atoms with Crippen molar-refractivity contribution in [3.05, 3.63) is 28.8 Å². The first-order chi connectivity index (χ1) is 8.58. The molecule has 96 valence electrons. The van der Waals surface area contributed by atoms with Crippen LogP contribution in [0.2, 0.25) is 5.02 Å². The van der Waals surface area contributed by atoms with Gasteiger partial charge in [-0.05, 0) is 31.0 Å². The fraction of sp³-hybridized carbons (Fsp3) is 0.333. The predicted octanol–water partition coefficient (Wildman–Crippen LogP) is 0.821. The molecule has 1 amide bonds. The quantitative estimate of drug-likeness (QED) is 0.880. The molecule has 1 aromatic rings. The molecule has 0 radical (unpaired) electrons. The van der Waals surface area contributed by atoms with Gasteiger partial charge in [0.05, 0.1) is 5.97 Å². The molecule has 1 aromatic carbocycles. The number of halogens is 1. The van der Waals surface area contributed by atoms with Crippen LogP contribution in [0.1, 0.15) is 23.2 Å². The van der Waals surface area contributed by atoms with Gasteiger partial charge in [-0.3, -0.25) is 4.79 Å². The monoisotopic (exact) mass is 268 g/mol. The van der Waals surface area contributed by atoms with E-state index in [1.54, 1.807) is 0 Å². The van der Waals surface area contributed by atoms with Gasteiger partial charge in [0.2, 0.25) is 0 Å². The lowest BCUT2D eigenvalue weighted by Gasteiger charge is -2.14. The smallest absolute Gasteiger partial charge is 0.253 e. The summed E-state index contributed by atoms with van der Waals surface area (Å²) in [6.07, 6.45) is 0.946. The minimum atomic E-state index is -1.39. The average Bonchev–Trinajstić information content (AvgIpc) is 2.84. The van der Waals surface area contributed by atoms with Crippen LogP contribution in [0.3, 0.4) is 0 Å². The van der Waals surface area contributed by atoms with Crippen molar-refractivity contribution in [3.63, 3.8) is 0 Å². The first kappa shape index (κ1) is 12.9. The maximum atomic E-state index is 11.8. The van der Waals surface area contributed by atoms with Crippen LogP contribution in [0.15, 0.2) is 18.2 Å². The van der Waals surface area contributed by atoms with E-state index in [4.69, 9.17) is 16.3 Å². The zero-order valence-corrected chi connectivity index (χ0v) is 10.2. The summed E-state index contributed by atoms with van der Waals surface area (Å²) in [5, 5.41) is 13.7. The van der Waals surface area contributed by atoms with E-state index >= 15 is 0 Å². The largest absolute Gasteiger partial charge is 0.545 e. The fourth-order valence-electron chi connectivity index (χ4n) is 1.79. The van der Waals surface area contributed by atoms with Gasteiger partial charge in [0.15, 0.2) is 0 Å². The maximum absolute atomic E-state index is 11.8. The van der Waals surface area contributed by atoms with E-state index in [0.717, 1.165) is 6.42 Å². The molecule has 0 unspecified atom stereocenters. The molecule has 0 bridgehead atoms. The van der Waals surface area contributed by atoms with Crippen molar-refractivity contribution in [2.24, 2.45) is 0 Å². The lowest BCUT2D eigenvalue weighted by molar-refractivity contribution is -0.254. The molecule has 1 saturated heterocycles. The van der Waals surface area contributed by atoms with Crippen molar-refractivity contribution < 1.29 is 19.4 Å². The molecule has 1 fully saturated rings. The van der Waals surface area contributed by atoms with Crippen LogP contribution in [-0.2, 0) is 9.53 Å². The van der Waals surface area contributed by atoms with Crippen molar-refractivity contribution >= 4 is 29.2 Å². The Morgan fingerprint density at radius 3 is 2.83 bits per heavy atom. The zero-order chi connectivity index (χ0) is 13.1. The third kappa shape index (κ3) is 2.80. The van der Waals surface area contributed by atoms with E-state index in [1.165, 1.54) is 18.2 Å². The molecule has 6 heteroatoms. The highest BCUT2D eigenvalue weighted by atomic mass is 35.5. The number of carboxylic acid groups (broad SMARTS) is 1. The normalized spacial score (nSPS) is 18.6. The Labute approximate surface area is 109 Å². The first-order valence-corrected chi connectivity index (χ1v) is 5.89. The summed E-state index contributed by atoms with van der Waals surface area (Å²) in [5.74, 6) is -1.74. The number of rotatable bonds is 3. The van der Waals surface area contributed by atoms with E-state index in [2.05, 4.69) is 5.32 Å². The Kier molecular flexibility index (Phi) is 3.84. The van der Waals surface area contributed by atoms with E-state index < -0.39 is 12.1 Å². The summed E-state index contributed by atoms with van der Waals surface area (Å²) < 4.78 is 5.21. The standard InChI is InChI=1S/C12H12ClNO4/c13-7-3-4-9(8(6-7)12(16)17)14-11(15)10-2-1-5-18-10/h3-4,6,10H,1-2,5H2,(H,14,15)(H,16,17)/p-1/t10-/m0/s1. The number of hydrogen-bond acceptors (Lipinski definition) is 4. The van der Waals surface area contributed by atoms with Crippen LogP contribution in [-0.4, -0.2) is 24.6 Å². The van der Waals surface area contributed by atoms with Crippen LogP contribution in [0, 0.1) is 0 Å². The number of carbonyl (C=O) groups excluding carboxylic acids is 2. The first-order valence-electron chi connectivity index (χ1n) is 5.51. The minimum Gasteiger partial charge on any atom is -0.545 e.